The summed E-state index contributed by atoms with van der Waals surface area (Å²) < 4.78 is 0. The number of pyridine rings is 6. The van der Waals surface area contributed by atoms with Crippen LogP contribution in [0.5, 0.6) is 0 Å². The SMILES string of the molecule is CC(=O)CC(C)=O.[Ir+3].[c-]1ccnc2cnc3cccnc3c12.[c-]1ccnc2cnc3cccnc3c12. The Kier molecular flexibility index (Phi) is 9.27. The van der Waals surface area contributed by atoms with Gasteiger partial charge in [-0.3, -0.25) is 19.6 Å². The van der Waals surface area contributed by atoms with Crippen molar-refractivity contribution < 1.29 is 29.7 Å². The van der Waals surface area contributed by atoms with E-state index in [0.29, 0.717) is 0 Å². The van der Waals surface area contributed by atoms with Gasteiger partial charge in [0.2, 0.25) is 0 Å². The fraction of sp³-hybridized carbons (Fsp3) is 0.111. The molecule has 0 spiro atoms. The summed E-state index contributed by atoms with van der Waals surface area (Å²) in [6.07, 6.45) is 10.5. The number of fused-ring (bicyclic) bond motifs is 6. The molecule has 0 saturated heterocycles. The van der Waals surface area contributed by atoms with Gasteiger partial charge in [-0.2, -0.15) is 0 Å². The third-order valence-electron chi connectivity index (χ3n) is 4.74. The van der Waals surface area contributed by atoms with Crippen LogP contribution in [0.25, 0.3) is 43.9 Å². The van der Waals surface area contributed by atoms with Crippen molar-refractivity contribution in [2.45, 2.75) is 20.3 Å². The van der Waals surface area contributed by atoms with Crippen LogP contribution in [0.4, 0.5) is 0 Å². The van der Waals surface area contributed by atoms with Gasteiger partial charge in [-0.05, 0) is 49.1 Å². The molecule has 0 saturated carbocycles. The molecule has 0 atom stereocenters. The molecule has 36 heavy (non-hydrogen) atoms. The zero-order valence-electron chi connectivity index (χ0n) is 19.5. The fourth-order valence-corrected chi connectivity index (χ4v) is 3.33. The maximum atomic E-state index is 10.0. The Labute approximate surface area is 220 Å². The smallest absolute Gasteiger partial charge is 0.351 e. The number of ketones is 2. The number of hydrogen-bond donors (Lipinski definition) is 0. The average molecular weight is 653 g/mol. The van der Waals surface area contributed by atoms with Gasteiger partial charge in [-0.1, -0.05) is 23.2 Å². The summed E-state index contributed by atoms with van der Waals surface area (Å²) in [7, 11) is 0. The van der Waals surface area contributed by atoms with Crippen molar-refractivity contribution in [1.82, 2.24) is 29.9 Å². The van der Waals surface area contributed by atoms with E-state index in [9.17, 15) is 9.59 Å². The Morgan fingerprint density at radius 3 is 1.47 bits per heavy atom. The molecule has 0 aliphatic carbocycles. The molecule has 6 rings (SSSR count). The molecule has 6 aromatic rings. The zero-order chi connectivity index (χ0) is 24.6. The number of rotatable bonds is 2. The normalized spacial score (nSPS) is 10.1. The van der Waals surface area contributed by atoms with Gasteiger partial charge in [-0.25, -0.2) is 0 Å². The molecule has 9 heteroatoms. The minimum Gasteiger partial charge on any atom is -0.351 e. The number of hydrogen-bond acceptors (Lipinski definition) is 8. The molecular formula is C27H20IrN6O2+. The van der Waals surface area contributed by atoms with Crippen LogP contribution in [0.15, 0.2) is 73.6 Å². The number of aromatic nitrogens is 6. The van der Waals surface area contributed by atoms with E-state index in [2.05, 4.69) is 42.0 Å². The first-order chi connectivity index (χ1) is 17.0. The topological polar surface area (TPSA) is 111 Å². The minimum absolute atomic E-state index is 0. The molecule has 0 N–H and O–H groups in total. The first kappa shape index (κ1) is 26.5. The van der Waals surface area contributed by atoms with E-state index in [4.69, 9.17) is 0 Å². The van der Waals surface area contributed by atoms with E-state index in [0.717, 1.165) is 43.9 Å². The largest absolute Gasteiger partial charge is 3.00 e. The molecule has 0 radical (unpaired) electrons. The van der Waals surface area contributed by atoms with Crippen LogP contribution >= 0.6 is 0 Å². The molecule has 8 nitrogen and oxygen atoms in total. The first-order valence-corrected chi connectivity index (χ1v) is 10.7. The van der Waals surface area contributed by atoms with Gasteiger partial charge < -0.3 is 19.9 Å². The third kappa shape index (κ3) is 6.53. The van der Waals surface area contributed by atoms with Crippen LogP contribution in [-0.2, 0) is 29.7 Å². The molecular weight excluding hydrogens is 633 g/mol. The van der Waals surface area contributed by atoms with Crippen molar-refractivity contribution in [3.63, 3.8) is 0 Å². The number of nitrogens with zero attached hydrogens (tertiary/aromatic N) is 6. The third-order valence-corrected chi connectivity index (χ3v) is 4.74. The van der Waals surface area contributed by atoms with Gasteiger partial charge in [0.1, 0.15) is 11.6 Å². The van der Waals surface area contributed by atoms with Crippen LogP contribution in [0, 0.1) is 12.1 Å². The molecule has 0 aromatic carbocycles. The van der Waals surface area contributed by atoms with Gasteiger partial charge in [0.05, 0.1) is 6.42 Å². The Bertz CT molecular complexity index is 1430. The second-order valence-corrected chi connectivity index (χ2v) is 7.54. The van der Waals surface area contributed by atoms with Crippen LogP contribution in [0.3, 0.4) is 0 Å². The number of carbonyl (C=O) groups is 2. The van der Waals surface area contributed by atoms with Gasteiger partial charge in [-0.15, -0.1) is 24.3 Å². The van der Waals surface area contributed by atoms with Gasteiger partial charge >= 0.3 is 20.1 Å². The zero-order valence-corrected chi connectivity index (χ0v) is 21.9. The summed E-state index contributed by atoms with van der Waals surface area (Å²) >= 11 is 0. The maximum absolute atomic E-state index is 10.0. The second-order valence-electron chi connectivity index (χ2n) is 7.54. The van der Waals surface area contributed by atoms with E-state index in [1.807, 2.05) is 24.3 Å². The van der Waals surface area contributed by atoms with Crippen LogP contribution in [0.2, 0.25) is 0 Å². The summed E-state index contributed by atoms with van der Waals surface area (Å²) in [6.45, 7) is 2.81. The van der Waals surface area contributed by atoms with Gasteiger partial charge in [0, 0.05) is 46.9 Å². The van der Waals surface area contributed by atoms with Crippen molar-refractivity contribution in [3.05, 3.63) is 85.7 Å². The van der Waals surface area contributed by atoms with Crippen LogP contribution in [-0.4, -0.2) is 41.5 Å². The predicted octanol–water partition coefficient (Wildman–Crippen LogP) is 4.51. The van der Waals surface area contributed by atoms with Gasteiger partial charge in [0.25, 0.3) is 0 Å². The molecule has 0 unspecified atom stereocenters. The maximum Gasteiger partial charge on any atom is 3.00 e. The Morgan fingerprint density at radius 2 is 1.08 bits per heavy atom. The molecule has 6 aromatic heterocycles. The van der Waals surface area contributed by atoms with Crippen molar-refractivity contribution in [1.29, 1.82) is 0 Å². The summed E-state index contributed by atoms with van der Waals surface area (Å²) in [6, 6.07) is 17.4. The van der Waals surface area contributed by atoms with Gasteiger partial charge in [0.15, 0.2) is 0 Å². The van der Waals surface area contributed by atoms with Crippen LogP contribution in [0.1, 0.15) is 20.3 Å². The molecule has 0 aliphatic rings. The predicted molar refractivity (Wildman–Crippen MR) is 133 cm³/mol. The molecule has 0 bridgehead atoms. The fourth-order valence-electron chi connectivity index (χ4n) is 3.33. The van der Waals surface area contributed by atoms with Crippen molar-refractivity contribution in [2.75, 3.05) is 0 Å². The van der Waals surface area contributed by atoms with E-state index in [1.165, 1.54) is 13.8 Å². The summed E-state index contributed by atoms with van der Waals surface area (Å²) in [4.78, 5) is 45.5. The monoisotopic (exact) mass is 653 g/mol. The van der Waals surface area contributed by atoms with E-state index >= 15 is 0 Å². The molecule has 178 valence electrons. The first-order valence-electron chi connectivity index (χ1n) is 10.7. The molecule has 6 heterocycles. The van der Waals surface area contributed by atoms with Crippen molar-refractivity contribution in [2.24, 2.45) is 0 Å². The standard InChI is InChI=1S/2C11H6N3.C5H8O2.Ir/c2*1-3-8-10(12-5-1)7-14-9-4-2-6-13-11(8)9;1-4(6)3-5(2)7;/h2*1-2,4-7H;3H2,1-2H3;/q2*-1;;+3. The molecule has 0 aliphatic heterocycles. The Morgan fingerprint density at radius 1 is 0.639 bits per heavy atom. The van der Waals surface area contributed by atoms with Crippen LogP contribution < -0.4 is 0 Å². The van der Waals surface area contributed by atoms with Crippen molar-refractivity contribution in [3.8, 4) is 0 Å². The molecule has 0 fully saturated rings. The molecule has 0 amide bonds. The number of carbonyl (C=O) groups excluding carboxylic acids is 2. The summed E-state index contributed by atoms with van der Waals surface area (Å²) in [5.74, 6) is -0.125. The van der Waals surface area contributed by atoms with E-state index in [-0.39, 0.29) is 38.1 Å². The summed E-state index contributed by atoms with van der Waals surface area (Å²) in [5, 5.41) is 1.86. The summed E-state index contributed by atoms with van der Waals surface area (Å²) in [5.41, 5.74) is 5.14. The minimum atomic E-state index is -0.0625. The Balaban J connectivity index is 0.000000158. The van der Waals surface area contributed by atoms with E-state index < -0.39 is 0 Å². The van der Waals surface area contributed by atoms with Crippen molar-refractivity contribution >= 4 is 55.4 Å². The number of Topliss-reactive ketones (excluding diaryl/α,β-unsaturated/α-hetero) is 2. The second kappa shape index (κ2) is 12.6. The van der Waals surface area contributed by atoms with E-state index in [1.54, 1.807) is 49.3 Å². The average Bonchev–Trinajstić information content (AvgIpc) is 2.88. The quantitative estimate of drug-likeness (QED) is 0.153. The Hall–Kier alpha value is -4.07.